The molecule has 1 aromatic carbocycles. The van der Waals surface area contributed by atoms with Crippen molar-refractivity contribution in [2.24, 2.45) is 0 Å². The fraction of sp³-hybridized carbons (Fsp3) is 0.143. The molecular formula is C14H12N2O4S. The van der Waals surface area contributed by atoms with Crippen LogP contribution in [0.2, 0.25) is 0 Å². The lowest BCUT2D eigenvalue weighted by molar-refractivity contribution is 0.0697. The number of carboxylic acids is 1. The normalized spacial score (nSPS) is 14.0. The SMILES string of the molecule is O=C(O)c1ccc2c(c1)N(S(=O)(=O)c1cccnc1)CC2. The maximum Gasteiger partial charge on any atom is 0.335 e. The van der Waals surface area contributed by atoms with E-state index in [0.717, 1.165) is 5.56 Å². The summed E-state index contributed by atoms with van der Waals surface area (Å²) in [5.41, 5.74) is 1.33. The highest BCUT2D eigenvalue weighted by Gasteiger charge is 2.31. The molecule has 21 heavy (non-hydrogen) atoms. The lowest BCUT2D eigenvalue weighted by atomic mass is 10.1. The molecule has 0 amide bonds. The van der Waals surface area contributed by atoms with Crippen LogP contribution in [0.5, 0.6) is 0 Å². The summed E-state index contributed by atoms with van der Waals surface area (Å²) in [6.07, 6.45) is 3.35. The fourth-order valence-electron chi connectivity index (χ4n) is 2.36. The van der Waals surface area contributed by atoms with E-state index < -0.39 is 16.0 Å². The van der Waals surface area contributed by atoms with Crippen molar-refractivity contribution in [3.05, 3.63) is 53.9 Å². The van der Waals surface area contributed by atoms with Crippen LogP contribution in [-0.4, -0.2) is 31.0 Å². The van der Waals surface area contributed by atoms with Gasteiger partial charge in [0.1, 0.15) is 4.90 Å². The number of sulfonamides is 1. The van der Waals surface area contributed by atoms with E-state index in [9.17, 15) is 13.2 Å². The molecular weight excluding hydrogens is 292 g/mol. The third-order valence-electron chi connectivity index (χ3n) is 3.41. The largest absolute Gasteiger partial charge is 0.478 e. The molecule has 0 atom stereocenters. The third-order valence-corrected chi connectivity index (χ3v) is 5.20. The number of carbonyl (C=O) groups is 1. The van der Waals surface area contributed by atoms with Crippen molar-refractivity contribution >= 4 is 21.7 Å². The van der Waals surface area contributed by atoms with Gasteiger partial charge in [0.25, 0.3) is 10.0 Å². The van der Waals surface area contributed by atoms with Gasteiger partial charge in [-0.2, -0.15) is 0 Å². The van der Waals surface area contributed by atoms with Crippen molar-refractivity contribution in [2.45, 2.75) is 11.3 Å². The van der Waals surface area contributed by atoms with Gasteiger partial charge in [0, 0.05) is 18.9 Å². The first-order valence-corrected chi connectivity index (χ1v) is 7.73. The second-order valence-electron chi connectivity index (χ2n) is 4.66. The second kappa shape index (κ2) is 4.85. The Balaban J connectivity index is 2.08. The number of aromatic carboxylic acids is 1. The van der Waals surface area contributed by atoms with Crippen LogP contribution in [0.4, 0.5) is 5.69 Å². The van der Waals surface area contributed by atoms with Crippen LogP contribution in [0.3, 0.4) is 0 Å². The zero-order valence-electron chi connectivity index (χ0n) is 10.9. The number of aromatic nitrogens is 1. The Hall–Kier alpha value is -2.41. The molecule has 3 rings (SSSR count). The Labute approximate surface area is 121 Å². The summed E-state index contributed by atoms with van der Waals surface area (Å²) in [6, 6.07) is 7.58. The molecule has 0 unspecified atom stereocenters. The van der Waals surface area contributed by atoms with Crippen molar-refractivity contribution in [1.82, 2.24) is 4.98 Å². The lowest BCUT2D eigenvalue weighted by Gasteiger charge is -2.19. The van der Waals surface area contributed by atoms with Gasteiger partial charge in [-0.15, -0.1) is 0 Å². The summed E-state index contributed by atoms with van der Waals surface area (Å²) in [6.45, 7) is 0.301. The smallest absolute Gasteiger partial charge is 0.335 e. The molecule has 6 nitrogen and oxygen atoms in total. The second-order valence-corrected chi connectivity index (χ2v) is 6.53. The van der Waals surface area contributed by atoms with Gasteiger partial charge < -0.3 is 5.11 Å². The molecule has 1 aliphatic rings. The monoisotopic (exact) mass is 304 g/mol. The van der Waals surface area contributed by atoms with Crippen LogP contribution >= 0.6 is 0 Å². The molecule has 2 heterocycles. The Kier molecular flexibility index (Phi) is 3.13. The van der Waals surface area contributed by atoms with E-state index in [1.54, 1.807) is 12.1 Å². The van der Waals surface area contributed by atoms with Gasteiger partial charge >= 0.3 is 5.97 Å². The molecule has 1 aliphatic heterocycles. The minimum atomic E-state index is -3.72. The van der Waals surface area contributed by atoms with Crippen molar-refractivity contribution in [3.8, 4) is 0 Å². The molecule has 0 radical (unpaired) electrons. The Bertz CT molecular complexity index is 803. The van der Waals surface area contributed by atoms with Crippen molar-refractivity contribution < 1.29 is 18.3 Å². The Morgan fingerprint density at radius 3 is 2.76 bits per heavy atom. The van der Waals surface area contributed by atoms with Gasteiger partial charge in [-0.1, -0.05) is 6.07 Å². The molecule has 1 aromatic heterocycles. The molecule has 0 spiro atoms. The van der Waals surface area contributed by atoms with Crippen LogP contribution < -0.4 is 4.31 Å². The molecule has 0 saturated heterocycles. The van der Waals surface area contributed by atoms with Gasteiger partial charge in [0.05, 0.1) is 11.3 Å². The highest BCUT2D eigenvalue weighted by Crippen LogP contribution is 2.33. The summed E-state index contributed by atoms with van der Waals surface area (Å²) >= 11 is 0. The molecule has 1 N–H and O–H groups in total. The number of fused-ring (bicyclic) bond motifs is 1. The predicted octanol–water partition coefficient (Wildman–Crippen LogP) is 1.53. The van der Waals surface area contributed by atoms with Crippen LogP contribution in [-0.2, 0) is 16.4 Å². The molecule has 108 valence electrons. The summed E-state index contributed by atoms with van der Waals surface area (Å²) in [5, 5.41) is 9.04. The summed E-state index contributed by atoms with van der Waals surface area (Å²) < 4.78 is 26.5. The molecule has 0 saturated carbocycles. The minimum absolute atomic E-state index is 0.0713. The zero-order valence-corrected chi connectivity index (χ0v) is 11.7. The summed E-state index contributed by atoms with van der Waals surface area (Å²) in [4.78, 5) is 15.0. The quantitative estimate of drug-likeness (QED) is 0.929. The number of anilines is 1. The van der Waals surface area contributed by atoms with Gasteiger partial charge in [0.2, 0.25) is 0 Å². The first-order valence-electron chi connectivity index (χ1n) is 6.29. The first kappa shape index (κ1) is 13.6. The van der Waals surface area contributed by atoms with E-state index >= 15 is 0 Å². The predicted molar refractivity (Wildman–Crippen MR) is 75.9 cm³/mol. The average molecular weight is 304 g/mol. The third kappa shape index (κ3) is 2.25. The van der Waals surface area contributed by atoms with Crippen LogP contribution in [0.25, 0.3) is 0 Å². The van der Waals surface area contributed by atoms with Crippen molar-refractivity contribution in [2.75, 3.05) is 10.8 Å². The fourth-order valence-corrected chi connectivity index (χ4v) is 3.82. The topological polar surface area (TPSA) is 87.6 Å². The van der Waals surface area contributed by atoms with Crippen LogP contribution in [0.15, 0.2) is 47.6 Å². The highest BCUT2D eigenvalue weighted by molar-refractivity contribution is 7.92. The van der Waals surface area contributed by atoms with E-state index in [2.05, 4.69) is 4.98 Å². The Morgan fingerprint density at radius 2 is 2.10 bits per heavy atom. The van der Waals surface area contributed by atoms with E-state index in [4.69, 9.17) is 5.11 Å². The van der Waals surface area contributed by atoms with E-state index in [1.165, 1.54) is 34.9 Å². The van der Waals surface area contributed by atoms with E-state index in [0.29, 0.717) is 18.7 Å². The molecule has 7 heteroatoms. The number of nitrogens with zero attached hydrogens (tertiary/aromatic N) is 2. The van der Waals surface area contributed by atoms with Crippen molar-refractivity contribution in [3.63, 3.8) is 0 Å². The summed E-state index contributed by atoms with van der Waals surface area (Å²) in [7, 11) is -3.72. The highest BCUT2D eigenvalue weighted by atomic mass is 32.2. The van der Waals surface area contributed by atoms with E-state index in [-0.39, 0.29) is 10.5 Å². The van der Waals surface area contributed by atoms with Gasteiger partial charge in [-0.05, 0) is 36.2 Å². The average Bonchev–Trinajstić information content (AvgIpc) is 2.91. The van der Waals surface area contributed by atoms with Crippen molar-refractivity contribution in [1.29, 1.82) is 0 Å². The van der Waals surface area contributed by atoms with Crippen LogP contribution in [0, 0.1) is 0 Å². The number of benzene rings is 1. The maximum atomic E-state index is 12.6. The van der Waals surface area contributed by atoms with E-state index in [1.807, 2.05) is 0 Å². The molecule has 0 bridgehead atoms. The zero-order chi connectivity index (χ0) is 15.0. The molecule has 0 aliphatic carbocycles. The lowest BCUT2D eigenvalue weighted by Crippen LogP contribution is -2.29. The summed E-state index contributed by atoms with van der Waals surface area (Å²) in [5.74, 6) is -1.08. The number of hydrogen-bond acceptors (Lipinski definition) is 4. The number of carboxylic acid groups (broad SMARTS) is 1. The number of hydrogen-bond donors (Lipinski definition) is 1. The van der Waals surface area contributed by atoms with Gasteiger partial charge in [-0.25, -0.2) is 13.2 Å². The van der Waals surface area contributed by atoms with Gasteiger partial charge in [-0.3, -0.25) is 9.29 Å². The maximum absolute atomic E-state index is 12.6. The molecule has 0 fully saturated rings. The Morgan fingerprint density at radius 1 is 1.29 bits per heavy atom. The number of pyridine rings is 1. The number of rotatable bonds is 3. The van der Waals surface area contributed by atoms with Crippen LogP contribution in [0.1, 0.15) is 15.9 Å². The minimum Gasteiger partial charge on any atom is -0.478 e. The standard InChI is InChI=1S/C14H12N2O4S/c17-14(18)11-4-3-10-5-7-16(13(10)8-11)21(19,20)12-2-1-6-15-9-12/h1-4,6,8-9H,5,7H2,(H,17,18). The first-order chi connectivity index (χ1) is 10.00. The molecule has 2 aromatic rings. The van der Waals surface area contributed by atoms with Gasteiger partial charge in [0.15, 0.2) is 0 Å².